The summed E-state index contributed by atoms with van der Waals surface area (Å²) in [5, 5.41) is 7.65. The van der Waals surface area contributed by atoms with Crippen LogP contribution in [0.3, 0.4) is 0 Å². The van der Waals surface area contributed by atoms with Crippen LogP contribution in [0, 0.1) is 0 Å². The van der Waals surface area contributed by atoms with E-state index < -0.39 is 0 Å². The Hall–Kier alpha value is -5.79. The molecule has 0 aliphatic carbocycles. The van der Waals surface area contributed by atoms with Crippen molar-refractivity contribution in [3.8, 4) is 45.3 Å². The number of rotatable bonds is 4. The van der Waals surface area contributed by atoms with Crippen molar-refractivity contribution < 1.29 is 0 Å². The van der Waals surface area contributed by atoms with Crippen molar-refractivity contribution in [3.63, 3.8) is 0 Å². The third kappa shape index (κ3) is 4.58. The SMILES string of the molecule is c1ccc(-c2nc(-c3ccc4c(c3)sc3c(-c5cccc6c5sc5ccccc56)cccc34)nc(-c3cccc4c3sc3ccccc34)n2)cc1. The van der Waals surface area contributed by atoms with E-state index in [4.69, 9.17) is 15.0 Å². The van der Waals surface area contributed by atoms with E-state index in [0.717, 1.165) is 16.7 Å². The molecule has 0 N–H and O–H groups in total. The van der Waals surface area contributed by atoms with Gasteiger partial charge in [-0.3, -0.25) is 0 Å². The maximum atomic E-state index is 5.19. The molecular formula is C45H25N3S3. The minimum atomic E-state index is 0.670. The first-order valence-corrected chi connectivity index (χ1v) is 19.3. The third-order valence-corrected chi connectivity index (χ3v) is 13.4. The fraction of sp³-hybridized carbons (Fsp3) is 0. The highest BCUT2D eigenvalue weighted by Crippen LogP contribution is 2.46. The molecule has 51 heavy (non-hydrogen) atoms. The van der Waals surface area contributed by atoms with Crippen LogP contribution in [0.1, 0.15) is 0 Å². The number of benzene rings is 7. The monoisotopic (exact) mass is 703 g/mol. The summed E-state index contributed by atoms with van der Waals surface area (Å²) in [4.78, 5) is 15.4. The number of hydrogen-bond acceptors (Lipinski definition) is 6. The zero-order chi connectivity index (χ0) is 33.5. The third-order valence-electron chi connectivity index (χ3n) is 9.76. The van der Waals surface area contributed by atoms with Gasteiger partial charge in [-0.05, 0) is 24.3 Å². The molecule has 238 valence electrons. The number of hydrogen-bond donors (Lipinski definition) is 0. The molecule has 0 saturated heterocycles. The first kappa shape index (κ1) is 29.0. The quantitative estimate of drug-likeness (QED) is 0.183. The van der Waals surface area contributed by atoms with Crippen LogP contribution >= 0.6 is 34.0 Å². The first-order chi connectivity index (χ1) is 25.3. The lowest BCUT2D eigenvalue weighted by molar-refractivity contribution is 1.08. The van der Waals surface area contributed by atoms with Crippen LogP contribution in [0.25, 0.3) is 106 Å². The molecule has 0 atom stereocenters. The largest absolute Gasteiger partial charge is 0.208 e. The van der Waals surface area contributed by atoms with Crippen LogP contribution in [0.4, 0.5) is 0 Å². The topological polar surface area (TPSA) is 38.7 Å². The van der Waals surface area contributed by atoms with Gasteiger partial charge >= 0.3 is 0 Å². The Labute approximate surface area is 304 Å². The second kappa shape index (κ2) is 11.4. The normalized spacial score (nSPS) is 11.9. The van der Waals surface area contributed by atoms with Gasteiger partial charge in [0, 0.05) is 88.3 Å². The van der Waals surface area contributed by atoms with Gasteiger partial charge in [-0.15, -0.1) is 34.0 Å². The molecule has 0 unspecified atom stereocenters. The molecule has 11 aromatic rings. The summed E-state index contributed by atoms with van der Waals surface area (Å²) in [5.74, 6) is 2.03. The Kier molecular flexibility index (Phi) is 6.46. The van der Waals surface area contributed by atoms with Crippen LogP contribution in [0.2, 0.25) is 0 Å². The Morgan fingerprint density at radius 2 is 0.745 bits per heavy atom. The molecule has 0 aliphatic rings. The number of thiophene rings is 3. The summed E-state index contributed by atoms with van der Waals surface area (Å²) in [5.41, 5.74) is 5.53. The van der Waals surface area contributed by atoms with Gasteiger partial charge in [0.05, 0.1) is 0 Å². The van der Waals surface area contributed by atoms with E-state index in [0.29, 0.717) is 17.5 Å². The summed E-state index contributed by atoms with van der Waals surface area (Å²) >= 11 is 5.52. The van der Waals surface area contributed by atoms with Crippen LogP contribution in [-0.2, 0) is 0 Å². The van der Waals surface area contributed by atoms with Crippen molar-refractivity contribution in [2.24, 2.45) is 0 Å². The van der Waals surface area contributed by atoms with Crippen molar-refractivity contribution >= 4 is 94.5 Å². The smallest absolute Gasteiger partial charge is 0.165 e. The Morgan fingerprint density at radius 1 is 0.294 bits per heavy atom. The highest BCUT2D eigenvalue weighted by atomic mass is 32.1. The zero-order valence-corrected chi connectivity index (χ0v) is 29.4. The second-order valence-electron chi connectivity index (χ2n) is 12.7. The van der Waals surface area contributed by atoms with Crippen LogP contribution in [0.5, 0.6) is 0 Å². The Balaban J connectivity index is 1.10. The van der Waals surface area contributed by atoms with Crippen molar-refractivity contribution in [2.45, 2.75) is 0 Å². The number of aromatic nitrogens is 3. The predicted octanol–water partition coefficient (Wildman–Crippen LogP) is 13.6. The molecular weight excluding hydrogens is 679 g/mol. The Bertz CT molecular complexity index is 3150. The molecule has 4 aromatic heterocycles. The van der Waals surface area contributed by atoms with E-state index in [-0.39, 0.29) is 0 Å². The average Bonchev–Trinajstić information content (AvgIpc) is 3.89. The maximum absolute atomic E-state index is 5.19. The van der Waals surface area contributed by atoms with Crippen LogP contribution < -0.4 is 0 Å². The molecule has 3 nitrogen and oxygen atoms in total. The van der Waals surface area contributed by atoms with E-state index >= 15 is 0 Å². The molecule has 0 aliphatic heterocycles. The summed E-state index contributed by atoms with van der Waals surface area (Å²) in [6.07, 6.45) is 0. The van der Waals surface area contributed by atoms with Crippen molar-refractivity contribution in [3.05, 3.63) is 152 Å². The standard InChI is InChI=1S/C45H25N3S3/c1-2-11-26(12-3-1)43-46-44(48-45(47-43)36-20-10-17-32-29-14-5-7-22-38(29)50-42(32)36)27-23-24-30-33-16-9-19-35(41(33)51-39(30)25-27)34-18-8-15-31-28-13-4-6-21-37(28)49-40(31)34/h1-25H. The molecule has 7 aromatic carbocycles. The highest BCUT2D eigenvalue weighted by molar-refractivity contribution is 7.27. The molecule has 0 amide bonds. The summed E-state index contributed by atoms with van der Waals surface area (Å²) in [7, 11) is 0. The predicted molar refractivity (Wildman–Crippen MR) is 220 cm³/mol. The van der Waals surface area contributed by atoms with Gasteiger partial charge < -0.3 is 0 Å². The lowest BCUT2D eigenvalue weighted by Gasteiger charge is -2.09. The lowest BCUT2D eigenvalue weighted by Crippen LogP contribution is -2.00. The van der Waals surface area contributed by atoms with Crippen LogP contribution in [-0.4, -0.2) is 15.0 Å². The molecule has 4 heterocycles. The van der Waals surface area contributed by atoms with Gasteiger partial charge in [-0.25, -0.2) is 15.0 Å². The zero-order valence-electron chi connectivity index (χ0n) is 27.0. The van der Waals surface area contributed by atoms with Crippen molar-refractivity contribution in [2.75, 3.05) is 0 Å². The summed E-state index contributed by atoms with van der Waals surface area (Å²) in [6, 6.07) is 54.1. The van der Waals surface area contributed by atoms with Gasteiger partial charge in [0.15, 0.2) is 17.5 Å². The van der Waals surface area contributed by atoms with Gasteiger partial charge in [-0.2, -0.15) is 0 Å². The number of fused-ring (bicyclic) bond motifs is 9. The molecule has 0 saturated carbocycles. The highest BCUT2D eigenvalue weighted by Gasteiger charge is 2.19. The van der Waals surface area contributed by atoms with E-state index in [1.54, 1.807) is 11.3 Å². The summed E-state index contributed by atoms with van der Waals surface area (Å²) < 4.78 is 7.62. The van der Waals surface area contributed by atoms with Crippen molar-refractivity contribution in [1.82, 2.24) is 15.0 Å². The van der Waals surface area contributed by atoms with Crippen LogP contribution in [0.15, 0.2) is 152 Å². The first-order valence-electron chi connectivity index (χ1n) is 16.9. The van der Waals surface area contributed by atoms with E-state index in [2.05, 4.69) is 133 Å². The summed E-state index contributed by atoms with van der Waals surface area (Å²) in [6.45, 7) is 0. The minimum absolute atomic E-state index is 0.670. The molecule has 11 rings (SSSR count). The van der Waals surface area contributed by atoms with Gasteiger partial charge in [-0.1, -0.05) is 127 Å². The van der Waals surface area contributed by atoms with E-state index in [1.807, 2.05) is 40.9 Å². The molecule has 0 radical (unpaired) electrons. The fourth-order valence-corrected chi connectivity index (χ4v) is 11.1. The molecule has 0 bridgehead atoms. The lowest BCUT2D eigenvalue weighted by atomic mass is 10.0. The number of nitrogens with zero attached hydrogens (tertiary/aromatic N) is 3. The fourth-order valence-electron chi connectivity index (χ4n) is 7.37. The average molecular weight is 704 g/mol. The maximum Gasteiger partial charge on any atom is 0.165 e. The second-order valence-corrected chi connectivity index (χ2v) is 15.9. The molecule has 0 spiro atoms. The minimum Gasteiger partial charge on any atom is -0.208 e. The Morgan fingerprint density at radius 3 is 1.37 bits per heavy atom. The van der Waals surface area contributed by atoms with Gasteiger partial charge in [0.25, 0.3) is 0 Å². The molecule has 0 fully saturated rings. The molecule has 6 heteroatoms. The van der Waals surface area contributed by atoms with Gasteiger partial charge in [0.2, 0.25) is 0 Å². The van der Waals surface area contributed by atoms with Gasteiger partial charge in [0.1, 0.15) is 0 Å². The van der Waals surface area contributed by atoms with E-state index in [9.17, 15) is 0 Å². The van der Waals surface area contributed by atoms with E-state index in [1.165, 1.54) is 71.6 Å². The van der Waals surface area contributed by atoms with Crippen molar-refractivity contribution in [1.29, 1.82) is 0 Å².